The number of alkyl halides is 1. The number of halogens is 1. The number of carbonyl (C=O) groups is 1. The van der Waals surface area contributed by atoms with Gasteiger partial charge in [0.2, 0.25) is 0 Å². The molecule has 3 rings (SSSR count). The Hall–Kier alpha value is 0.120. The van der Waals surface area contributed by atoms with Gasteiger partial charge in [0.1, 0.15) is 11.3 Å². The minimum Gasteiger partial charge on any atom is -0.458 e. The van der Waals surface area contributed by atoms with E-state index in [1.807, 2.05) is 6.92 Å². The molecule has 0 radical (unpaired) electrons. The van der Waals surface area contributed by atoms with E-state index in [0.717, 1.165) is 12.8 Å². The Bertz CT molecular complexity index is 382. The summed E-state index contributed by atoms with van der Waals surface area (Å²) < 4.78 is 5.48. The number of rotatable bonds is 4. The molecule has 0 aromatic carbocycles. The maximum Gasteiger partial charge on any atom is 0.325 e. The van der Waals surface area contributed by atoms with Crippen LogP contribution in [0.15, 0.2) is 0 Å². The first kappa shape index (κ1) is 13.1. The molecule has 2 heterocycles. The zero-order valence-corrected chi connectivity index (χ0v) is 13.3. The lowest BCUT2D eigenvalue weighted by atomic mass is 9.88. The maximum atomic E-state index is 12.5. The molecule has 0 amide bonds. The second-order valence-corrected chi connectivity index (χ2v) is 8.51. The van der Waals surface area contributed by atoms with E-state index in [-0.39, 0.29) is 17.2 Å². The third-order valence-electron chi connectivity index (χ3n) is 4.93. The minimum atomic E-state index is -0.514. The molecule has 2 N–H and O–H groups in total. The molecule has 0 bridgehead atoms. The van der Waals surface area contributed by atoms with Crippen LogP contribution in [0.25, 0.3) is 0 Å². The van der Waals surface area contributed by atoms with E-state index in [0.29, 0.717) is 12.1 Å². The number of esters is 1. The van der Waals surface area contributed by atoms with E-state index in [1.54, 1.807) is 0 Å². The molecule has 1 atom stereocenters. The van der Waals surface area contributed by atoms with Crippen molar-refractivity contribution < 1.29 is 9.53 Å². The fourth-order valence-electron chi connectivity index (χ4n) is 3.13. The second-order valence-electron chi connectivity index (χ2n) is 6.35. The van der Waals surface area contributed by atoms with Gasteiger partial charge in [-0.15, -0.1) is 0 Å². The van der Waals surface area contributed by atoms with Crippen LogP contribution in [-0.4, -0.2) is 26.8 Å². The van der Waals surface area contributed by atoms with Crippen LogP contribution < -0.4 is 10.6 Å². The summed E-state index contributed by atoms with van der Waals surface area (Å²) in [4.78, 5) is 12.5. The molecule has 2 saturated heterocycles. The summed E-state index contributed by atoms with van der Waals surface area (Å²) in [6.45, 7) is 6.29. The van der Waals surface area contributed by atoms with Crippen molar-refractivity contribution in [2.24, 2.45) is 5.92 Å². The molecule has 0 aromatic rings. The summed E-state index contributed by atoms with van der Waals surface area (Å²) in [7, 11) is 0. The van der Waals surface area contributed by atoms with Gasteiger partial charge < -0.3 is 4.74 Å². The van der Waals surface area contributed by atoms with Crippen molar-refractivity contribution in [2.75, 3.05) is 0 Å². The van der Waals surface area contributed by atoms with Gasteiger partial charge in [0.15, 0.2) is 3.42 Å². The van der Waals surface area contributed by atoms with Crippen molar-refractivity contribution in [1.82, 2.24) is 10.6 Å². The van der Waals surface area contributed by atoms with Gasteiger partial charge in [-0.1, -0.05) is 36.4 Å². The van der Waals surface area contributed by atoms with E-state index >= 15 is 0 Å². The first-order valence-corrected chi connectivity index (χ1v) is 7.90. The molecule has 0 spiro atoms. The molecular weight excluding hydrogens is 343 g/mol. The van der Waals surface area contributed by atoms with Gasteiger partial charge in [0, 0.05) is 0 Å². The van der Waals surface area contributed by atoms with Crippen LogP contribution in [0.2, 0.25) is 0 Å². The SMILES string of the molecule is CC(C)C1(OC(=O)C(C)(I)C23NC2N3)CCCC1. The standard InChI is InChI=1S/C13H21IN2O2/c1-8(2)12(6-4-5-7-12)18-10(17)11(3,14)13-9(15-13)16-13/h8-9,15-16H,4-7H2,1-3H3. The van der Waals surface area contributed by atoms with Gasteiger partial charge in [-0.2, -0.15) is 0 Å². The van der Waals surface area contributed by atoms with Crippen molar-refractivity contribution in [1.29, 1.82) is 0 Å². The third kappa shape index (κ3) is 1.66. The van der Waals surface area contributed by atoms with Crippen LogP contribution in [0.3, 0.4) is 0 Å². The first-order valence-electron chi connectivity index (χ1n) is 6.82. The van der Waals surface area contributed by atoms with E-state index in [9.17, 15) is 4.79 Å². The molecule has 2 aliphatic heterocycles. The highest BCUT2D eigenvalue weighted by molar-refractivity contribution is 14.1. The molecule has 102 valence electrons. The van der Waals surface area contributed by atoms with Crippen LogP contribution in [0, 0.1) is 5.92 Å². The highest BCUT2D eigenvalue weighted by Crippen LogP contribution is 2.53. The van der Waals surface area contributed by atoms with Crippen molar-refractivity contribution in [3.8, 4) is 0 Å². The smallest absolute Gasteiger partial charge is 0.325 e. The molecular formula is C13H21IN2O2. The number of carbonyl (C=O) groups excluding carboxylic acids is 1. The second kappa shape index (κ2) is 3.82. The van der Waals surface area contributed by atoms with E-state index in [1.165, 1.54) is 12.8 Å². The largest absolute Gasteiger partial charge is 0.458 e. The summed E-state index contributed by atoms with van der Waals surface area (Å²) in [5.41, 5.74) is -0.402. The van der Waals surface area contributed by atoms with Crippen LogP contribution in [0.5, 0.6) is 0 Å². The Morgan fingerprint density at radius 1 is 1.39 bits per heavy atom. The van der Waals surface area contributed by atoms with Crippen LogP contribution >= 0.6 is 22.6 Å². The molecule has 1 unspecified atom stereocenters. The van der Waals surface area contributed by atoms with Crippen molar-refractivity contribution in [2.45, 2.75) is 67.3 Å². The number of fused-ring (bicyclic) bond motifs is 1. The quantitative estimate of drug-likeness (QED) is 0.346. The summed E-state index contributed by atoms with van der Waals surface area (Å²) >= 11 is 2.23. The Kier molecular flexibility index (Phi) is 2.79. The monoisotopic (exact) mass is 364 g/mol. The molecule has 3 fully saturated rings. The number of ether oxygens (including phenoxy) is 1. The first-order chi connectivity index (χ1) is 8.34. The lowest BCUT2D eigenvalue weighted by Crippen LogP contribution is -2.51. The summed E-state index contributed by atoms with van der Waals surface area (Å²) in [6.07, 6.45) is 4.70. The average Bonchev–Trinajstić information content (AvgIpc) is 3.08. The average molecular weight is 364 g/mol. The maximum absolute atomic E-state index is 12.5. The van der Waals surface area contributed by atoms with Gasteiger partial charge in [-0.25, -0.2) is 0 Å². The summed E-state index contributed by atoms with van der Waals surface area (Å²) in [5, 5.41) is 6.55. The highest BCUT2D eigenvalue weighted by atomic mass is 127. The van der Waals surface area contributed by atoms with Gasteiger partial charge in [0.05, 0.1) is 6.17 Å². The predicted molar refractivity (Wildman–Crippen MR) is 77.3 cm³/mol. The Morgan fingerprint density at radius 3 is 2.28 bits per heavy atom. The number of nitrogens with one attached hydrogen (secondary N) is 2. The van der Waals surface area contributed by atoms with Gasteiger partial charge in [-0.05, 0) is 38.5 Å². The summed E-state index contributed by atoms with van der Waals surface area (Å²) in [5.74, 6) is 0.322. The number of hydrogen-bond donors (Lipinski definition) is 2. The topological polar surface area (TPSA) is 70.2 Å². The zero-order valence-electron chi connectivity index (χ0n) is 11.2. The lowest BCUT2D eigenvalue weighted by Gasteiger charge is -2.36. The fourth-order valence-corrected chi connectivity index (χ4v) is 3.86. The zero-order chi connectivity index (χ0) is 13.2. The Balaban J connectivity index is 1.73. The Labute approximate surface area is 122 Å². The van der Waals surface area contributed by atoms with E-state index < -0.39 is 3.42 Å². The van der Waals surface area contributed by atoms with Crippen LogP contribution in [0.4, 0.5) is 0 Å². The van der Waals surface area contributed by atoms with E-state index in [2.05, 4.69) is 47.1 Å². The van der Waals surface area contributed by atoms with Crippen LogP contribution in [-0.2, 0) is 9.53 Å². The molecule has 3 aliphatic rings. The van der Waals surface area contributed by atoms with Crippen molar-refractivity contribution in [3.05, 3.63) is 0 Å². The molecule has 18 heavy (non-hydrogen) atoms. The van der Waals surface area contributed by atoms with Crippen LogP contribution in [0.1, 0.15) is 46.5 Å². The lowest BCUT2D eigenvalue weighted by molar-refractivity contribution is -0.167. The predicted octanol–water partition coefficient (Wildman–Crippen LogP) is 1.92. The van der Waals surface area contributed by atoms with Gasteiger partial charge in [0.25, 0.3) is 0 Å². The minimum absolute atomic E-state index is 0.0706. The Morgan fingerprint density at radius 2 is 1.89 bits per heavy atom. The van der Waals surface area contributed by atoms with Gasteiger partial charge in [-0.3, -0.25) is 15.4 Å². The number of hydrogen-bond acceptors (Lipinski definition) is 4. The van der Waals surface area contributed by atoms with Crippen molar-refractivity contribution in [3.63, 3.8) is 0 Å². The molecule has 1 saturated carbocycles. The highest BCUT2D eigenvalue weighted by Gasteiger charge is 2.81. The normalized spacial score (nSPS) is 39.1. The van der Waals surface area contributed by atoms with Gasteiger partial charge >= 0.3 is 5.97 Å². The molecule has 0 aromatic heterocycles. The third-order valence-corrected chi connectivity index (χ3v) is 6.22. The van der Waals surface area contributed by atoms with Crippen molar-refractivity contribution >= 4 is 28.6 Å². The fraction of sp³-hybridized carbons (Fsp3) is 0.923. The molecule has 4 nitrogen and oxygen atoms in total. The van der Waals surface area contributed by atoms with E-state index in [4.69, 9.17) is 4.74 Å². The molecule has 5 heteroatoms. The molecule has 1 aliphatic carbocycles. The summed E-state index contributed by atoms with van der Waals surface area (Å²) in [6, 6.07) is 0.